The number of carbonyl (C=O) groups excluding carboxylic acids is 3. The Morgan fingerprint density at radius 1 is 1.08 bits per heavy atom. The zero-order chi connectivity index (χ0) is 27.0. The molecule has 2 saturated heterocycles. The lowest BCUT2D eigenvalue weighted by Crippen LogP contribution is -2.67. The highest BCUT2D eigenvalue weighted by molar-refractivity contribution is 5.87. The maximum absolute atomic E-state index is 13.9. The van der Waals surface area contributed by atoms with Crippen molar-refractivity contribution in [2.24, 2.45) is 17.8 Å². The van der Waals surface area contributed by atoms with Crippen molar-refractivity contribution in [1.82, 2.24) is 25.6 Å². The molecule has 2 aliphatic heterocycles. The molecule has 2 heterocycles. The van der Waals surface area contributed by atoms with Crippen molar-refractivity contribution in [3.63, 3.8) is 0 Å². The van der Waals surface area contributed by atoms with Gasteiger partial charge in [-0.15, -0.1) is 0 Å². The minimum atomic E-state index is -0.500. The van der Waals surface area contributed by atoms with Crippen molar-refractivity contribution in [3.05, 3.63) is 34.9 Å². The molecule has 1 aromatic carbocycles. The van der Waals surface area contributed by atoms with Gasteiger partial charge in [0.15, 0.2) is 6.29 Å². The molecule has 5 rings (SSSR count). The van der Waals surface area contributed by atoms with Crippen LogP contribution in [-0.4, -0.2) is 57.6 Å². The van der Waals surface area contributed by atoms with Gasteiger partial charge >= 0.3 is 6.03 Å². The molecule has 4 amide bonds. The number of fused-ring (bicyclic) bond motifs is 3. The summed E-state index contributed by atoms with van der Waals surface area (Å²) in [6, 6.07) is 6.20. The predicted molar refractivity (Wildman–Crippen MR) is 146 cm³/mol. The number of hydrazine groups is 1. The fourth-order valence-electron chi connectivity index (χ4n) is 6.81. The number of hydrogen-bond acceptors (Lipinski definition) is 4. The molecule has 2 saturated carbocycles. The topological polar surface area (TPSA) is 85.0 Å². The third kappa shape index (κ3) is 5.42. The molecule has 8 nitrogen and oxygen atoms in total. The number of amides is 4. The first-order chi connectivity index (χ1) is 18.2. The Balaban J connectivity index is 1.37. The van der Waals surface area contributed by atoms with Gasteiger partial charge in [-0.05, 0) is 69.4 Å². The SMILES string of the molecule is Cc1ccc(C)c(CN2NC3N(CCC(C)C)C(=O)C4CCC(C(=O)NC5CCCCC5)CC4N3C2=O)c1. The standard InChI is InChI=1S/C30H45N5O3/c1-19(2)14-15-33-28(37)25-13-12-22(27(36)31-24-8-6-5-7-9-24)17-26(25)35-29(33)32-34(30(35)38)18-23-16-20(3)10-11-21(23)4/h10-11,16,19,22,24-26,29,32H,5-9,12-15,17-18H2,1-4H3,(H,31,36). The van der Waals surface area contributed by atoms with Crippen molar-refractivity contribution >= 4 is 17.8 Å². The van der Waals surface area contributed by atoms with Gasteiger partial charge in [0, 0.05) is 24.5 Å². The molecule has 2 aliphatic carbocycles. The molecule has 4 aliphatic rings. The number of nitrogens with one attached hydrogen (secondary N) is 2. The van der Waals surface area contributed by atoms with Gasteiger partial charge in [0.1, 0.15) is 0 Å². The van der Waals surface area contributed by atoms with Crippen LogP contribution < -0.4 is 10.7 Å². The number of rotatable bonds is 7. The number of aryl methyl sites for hydroxylation is 2. The molecule has 0 bridgehead atoms. The normalized spacial score (nSPS) is 28.1. The van der Waals surface area contributed by atoms with E-state index in [0.717, 1.165) is 36.0 Å². The first kappa shape index (κ1) is 27.0. The summed E-state index contributed by atoms with van der Waals surface area (Å²) in [6.07, 6.45) is 7.99. The van der Waals surface area contributed by atoms with E-state index in [1.807, 2.05) is 9.80 Å². The lowest BCUT2D eigenvalue weighted by molar-refractivity contribution is -0.159. The third-order valence-corrected chi connectivity index (χ3v) is 9.16. The van der Waals surface area contributed by atoms with Gasteiger partial charge in [0.25, 0.3) is 0 Å². The predicted octanol–water partition coefficient (Wildman–Crippen LogP) is 4.45. The lowest BCUT2D eigenvalue weighted by Gasteiger charge is -2.50. The average molecular weight is 524 g/mol. The molecule has 0 aromatic heterocycles. The largest absolute Gasteiger partial charge is 0.353 e. The first-order valence-electron chi connectivity index (χ1n) is 14.8. The smallest absolute Gasteiger partial charge is 0.337 e. The van der Waals surface area contributed by atoms with Crippen LogP contribution in [0.1, 0.15) is 88.3 Å². The Morgan fingerprint density at radius 3 is 2.58 bits per heavy atom. The summed E-state index contributed by atoms with van der Waals surface area (Å²) in [5, 5.41) is 4.97. The van der Waals surface area contributed by atoms with Crippen LogP contribution in [-0.2, 0) is 16.1 Å². The van der Waals surface area contributed by atoms with Gasteiger partial charge in [-0.1, -0.05) is 56.9 Å². The summed E-state index contributed by atoms with van der Waals surface area (Å²) in [5.41, 5.74) is 6.78. The minimum Gasteiger partial charge on any atom is -0.353 e. The van der Waals surface area contributed by atoms with E-state index in [-0.39, 0.29) is 41.8 Å². The monoisotopic (exact) mass is 523 g/mol. The van der Waals surface area contributed by atoms with Gasteiger partial charge in [0.2, 0.25) is 11.8 Å². The van der Waals surface area contributed by atoms with Gasteiger partial charge in [-0.25, -0.2) is 4.79 Å². The molecule has 8 heteroatoms. The van der Waals surface area contributed by atoms with E-state index in [1.165, 1.54) is 19.3 Å². The third-order valence-electron chi connectivity index (χ3n) is 9.16. The maximum Gasteiger partial charge on any atom is 0.337 e. The summed E-state index contributed by atoms with van der Waals surface area (Å²) < 4.78 is 0. The highest BCUT2D eigenvalue weighted by Gasteiger charge is 2.56. The van der Waals surface area contributed by atoms with Crippen LogP contribution in [0.4, 0.5) is 4.79 Å². The van der Waals surface area contributed by atoms with E-state index in [2.05, 4.69) is 56.6 Å². The highest BCUT2D eigenvalue weighted by atomic mass is 16.2. The molecular formula is C30H45N5O3. The molecule has 0 radical (unpaired) electrons. The second-order valence-corrected chi connectivity index (χ2v) is 12.5. The van der Waals surface area contributed by atoms with Crippen LogP contribution >= 0.6 is 0 Å². The zero-order valence-corrected chi connectivity index (χ0v) is 23.5. The molecule has 2 N–H and O–H groups in total. The number of benzene rings is 1. The quantitative estimate of drug-likeness (QED) is 0.553. The van der Waals surface area contributed by atoms with Gasteiger partial charge < -0.3 is 10.2 Å². The molecule has 38 heavy (non-hydrogen) atoms. The van der Waals surface area contributed by atoms with Crippen molar-refractivity contribution in [1.29, 1.82) is 0 Å². The van der Waals surface area contributed by atoms with Gasteiger partial charge in [0.05, 0.1) is 12.5 Å². The lowest BCUT2D eigenvalue weighted by atomic mass is 9.75. The Kier molecular flexibility index (Phi) is 7.98. The number of nitrogens with zero attached hydrogens (tertiary/aromatic N) is 3. The zero-order valence-electron chi connectivity index (χ0n) is 23.5. The van der Waals surface area contributed by atoms with E-state index in [1.54, 1.807) is 5.01 Å². The summed E-state index contributed by atoms with van der Waals surface area (Å²) in [7, 11) is 0. The first-order valence-corrected chi connectivity index (χ1v) is 14.8. The molecule has 4 atom stereocenters. The molecule has 1 aromatic rings. The molecule has 4 fully saturated rings. The molecule has 208 valence electrons. The highest BCUT2D eigenvalue weighted by Crippen LogP contribution is 2.41. The van der Waals surface area contributed by atoms with Crippen molar-refractivity contribution in [2.75, 3.05) is 6.54 Å². The van der Waals surface area contributed by atoms with Crippen LogP contribution in [0.25, 0.3) is 0 Å². The van der Waals surface area contributed by atoms with Crippen LogP contribution in [0, 0.1) is 31.6 Å². The fourth-order valence-corrected chi connectivity index (χ4v) is 6.81. The average Bonchev–Trinajstić information content (AvgIpc) is 3.21. The van der Waals surface area contributed by atoms with E-state index in [9.17, 15) is 14.4 Å². The van der Waals surface area contributed by atoms with Gasteiger partial charge in [-0.3, -0.25) is 19.5 Å². The Morgan fingerprint density at radius 2 is 1.84 bits per heavy atom. The van der Waals surface area contributed by atoms with Crippen molar-refractivity contribution in [3.8, 4) is 0 Å². The molecular weight excluding hydrogens is 478 g/mol. The maximum atomic E-state index is 13.9. The number of urea groups is 1. The van der Waals surface area contributed by atoms with E-state index < -0.39 is 6.29 Å². The summed E-state index contributed by atoms with van der Waals surface area (Å²) in [6.45, 7) is 9.49. The Labute approximate surface area is 227 Å². The van der Waals surface area contributed by atoms with Crippen LogP contribution in [0.15, 0.2) is 18.2 Å². The molecule has 4 unspecified atom stereocenters. The van der Waals surface area contributed by atoms with E-state index in [4.69, 9.17) is 0 Å². The second kappa shape index (κ2) is 11.2. The summed E-state index contributed by atoms with van der Waals surface area (Å²) >= 11 is 0. The Bertz CT molecular complexity index is 1050. The minimum absolute atomic E-state index is 0.0960. The van der Waals surface area contributed by atoms with E-state index >= 15 is 0 Å². The van der Waals surface area contributed by atoms with Crippen LogP contribution in [0.3, 0.4) is 0 Å². The van der Waals surface area contributed by atoms with Crippen LogP contribution in [0.2, 0.25) is 0 Å². The van der Waals surface area contributed by atoms with Crippen LogP contribution in [0.5, 0.6) is 0 Å². The summed E-state index contributed by atoms with van der Waals surface area (Å²) in [4.78, 5) is 44.8. The van der Waals surface area contributed by atoms with Crippen molar-refractivity contribution in [2.45, 2.75) is 110 Å². The summed E-state index contributed by atoms with van der Waals surface area (Å²) in [5.74, 6) is 0.278. The number of hydrogen-bond donors (Lipinski definition) is 2. The van der Waals surface area contributed by atoms with Crippen molar-refractivity contribution < 1.29 is 14.4 Å². The second-order valence-electron chi connectivity index (χ2n) is 12.5. The van der Waals surface area contributed by atoms with E-state index in [0.29, 0.717) is 38.3 Å². The van der Waals surface area contributed by atoms with Gasteiger partial charge in [-0.2, -0.15) is 5.43 Å². The number of carbonyl (C=O) groups is 3. The Hall–Kier alpha value is -2.61. The molecule has 0 spiro atoms. The fraction of sp³-hybridized carbons (Fsp3) is 0.700.